The predicted molar refractivity (Wildman–Crippen MR) is 115 cm³/mol. The number of aromatic nitrogens is 4. The molecule has 2 aromatic carbocycles. The van der Waals surface area contributed by atoms with E-state index in [1.165, 1.54) is 17.8 Å². The first-order chi connectivity index (χ1) is 14.6. The van der Waals surface area contributed by atoms with Gasteiger partial charge < -0.3 is 4.52 Å². The number of benzene rings is 2. The van der Waals surface area contributed by atoms with Crippen molar-refractivity contribution in [2.75, 3.05) is 0 Å². The van der Waals surface area contributed by atoms with Crippen molar-refractivity contribution in [2.24, 2.45) is 0 Å². The van der Waals surface area contributed by atoms with Gasteiger partial charge in [-0.3, -0.25) is 9.36 Å². The van der Waals surface area contributed by atoms with Gasteiger partial charge in [0.25, 0.3) is 5.56 Å². The van der Waals surface area contributed by atoms with E-state index in [4.69, 9.17) is 4.52 Å². The Bertz CT molecular complexity index is 1330. The summed E-state index contributed by atoms with van der Waals surface area (Å²) in [6.07, 6.45) is 0. The molecule has 0 aliphatic rings. The maximum atomic E-state index is 14.6. The Morgan fingerprint density at radius 3 is 2.52 bits per heavy atom. The fourth-order valence-electron chi connectivity index (χ4n) is 2.98. The lowest BCUT2D eigenvalue weighted by atomic mass is 9.96. The molecule has 1 unspecified atom stereocenters. The molecule has 2 aromatic heterocycles. The van der Waals surface area contributed by atoms with Crippen LogP contribution < -0.4 is 5.56 Å². The molecule has 31 heavy (non-hydrogen) atoms. The quantitative estimate of drug-likeness (QED) is 0.320. The summed E-state index contributed by atoms with van der Waals surface area (Å²) in [5.41, 5.74) is -0.346. The van der Waals surface area contributed by atoms with E-state index in [2.05, 4.69) is 15.1 Å². The highest BCUT2D eigenvalue weighted by Crippen LogP contribution is 2.35. The topological polar surface area (TPSA) is 73.8 Å². The van der Waals surface area contributed by atoms with Gasteiger partial charge in [-0.1, -0.05) is 49.8 Å². The van der Waals surface area contributed by atoms with Crippen LogP contribution in [0.4, 0.5) is 8.78 Å². The van der Waals surface area contributed by atoms with Gasteiger partial charge in [0.05, 0.1) is 21.8 Å². The highest BCUT2D eigenvalue weighted by Gasteiger charge is 2.25. The van der Waals surface area contributed by atoms with Crippen LogP contribution in [0.1, 0.15) is 44.7 Å². The van der Waals surface area contributed by atoms with Crippen molar-refractivity contribution in [3.8, 4) is 5.69 Å². The Morgan fingerprint density at radius 1 is 1.10 bits per heavy atom. The number of para-hydroxylation sites is 1. The minimum absolute atomic E-state index is 0.0831. The van der Waals surface area contributed by atoms with E-state index < -0.39 is 17.2 Å². The first kappa shape index (κ1) is 21.2. The van der Waals surface area contributed by atoms with Crippen LogP contribution in [0, 0.1) is 11.6 Å². The molecule has 0 spiro atoms. The Balaban J connectivity index is 1.84. The third kappa shape index (κ3) is 4.10. The molecule has 0 aliphatic heterocycles. The molecule has 9 heteroatoms. The monoisotopic (exact) mass is 442 g/mol. The second-order valence-electron chi connectivity index (χ2n) is 8.11. The Kier molecular flexibility index (Phi) is 5.38. The summed E-state index contributed by atoms with van der Waals surface area (Å²) in [7, 11) is 0. The van der Waals surface area contributed by atoms with E-state index >= 15 is 0 Å². The molecule has 1 atom stereocenters. The van der Waals surface area contributed by atoms with Crippen molar-refractivity contribution < 1.29 is 13.3 Å². The van der Waals surface area contributed by atoms with Crippen molar-refractivity contribution in [1.29, 1.82) is 0 Å². The van der Waals surface area contributed by atoms with E-state index in [0.29, 0.717) is 22.6 Å². The largest absolute Gasteiger partial charge is 0.338 e. The zero-order valence-corrected chi connectivity index (χ0v) is 18.2. The Hall–Kier alpha value is -3.07. The molecule has 0 fully saturated rings. The minimum atomic E-state index is -0.860. The predicted octanol–water partition coefficient (Wildman–Crippen LogP) is 5.20. The molecule has 6 nitrogen and oxygen atoms in total. The summed E-state index contributed by atoms with van der Waals surface area (Å²) < 4.78 is 34.6. The Morgan fingerprint density at radius 2 is 1.84 bits per heavy atom. The van der Waals surface area contributed by atoms with Gasteiger partial charge in [-0.2, -0.15) is 4.98 Å². The fourth-order valence-corrected chi connectivity index (χ4v) is 3.93. The van der Waals surface area contributed by atoms with Crippen molar-refractivity contribution in [2.45, 2.75) is 43.5 Å². The van der Waals surface area contributed by atoms with Crippen molar-refractivity contribution in [3.63, 3.8) is 0 Å². The third-order valence-corrected chi connectivity index (χ3v) is 5.68. The zero-order valence-electron chi connectivity index (χ0n) is 17.4. The van der Waals surface area contributed by atoms with Gasteiger partial charge in [-0.25, -0.2) is 13.8 Å². The maximum absolute atomic E-state index is 14.6. The lowest BCUT2D eigenvalue weighted by Gasteiger charge is -2.15. The van der Waals surface area contributed by atoms with Gasteiger partial charge in [-0.15, -0.1) is 0 Å². The van der Waals surface area contributed by atoms with Gasteiger partial charge in [-0.05, 0) is 31.2 Å². The zero-order chi connectivity index (χ0) is 22.3. The Labute approximate surface area is 181 Å². The molecule has 0 N–H and O–H groups in total. The fraction of sp³-hybridized carbons (Fsp3) is 0.273. The minimum Gasteiger partial charge on any atom is -0.338 e. The molecule has 2 heterocycles. The van der Waals surface area contributed by atoms with Crippen LogP contribution in [-0.4, -0.2) is 19.7 Å². The molecule has 0 bridgehead atoms. The maximum Gasteiger partial charge on any atom is 0.266 e. The van der Waals surface area contributed by atoms with E-state index in [1.54, 1.807) is 24.3 Å². The van der Waals surface area contributed by atoms with E-state index in [1.807, 2.05) is 27.7 Å². The van der Waals surface area contributed by atoms with Gasteiger partial charge in [0, 0.05) is 11.5 Å². The summed E-state index contributed by atoms with van der Waals surface area (Å²) in [4.78, 5) is 22.3. The average molecular weight is 442 g/mol. The van der Waals surface area contributed by atoms with Gasteiger partial charge in [0.2, 0.25) is 5.89 Å². The summed E-state index contributed by atoms with van der Waals surface area (Å²) in [5.74, 6) is -0.667. The SMILES string of the molecule is CC(Sc1nc2ccccc2c(=O)n1-c1ccc(F)cc1F)c1nc(C(C)(C)C)no1. The summed E-state index contributed by atoms with van der Waals surface area (Å²) in [6.45, 7) is 7.75. The average Bonchev–Trinajstić information content (AvgIpc) is 3.20. The van der Waals surface area contributed by atoms with E-state index in [9.17, 15) is 13.6 Å². The van der Waals surface area contributed by atoms with E-state index in [0.717, 1.165) is 16.7 Å². The number of halogens is 2. The summed E-state index contributed by atoms with van der Waals surface area (Å²) in [6, 6.07) is 9.87. The third-order valence-electron chi connectivity index (χ3n) is 4.64. The highest BCUT2D eigenvalue weighted by atomic mass is 32.2. The molecule has 160 valence electrons. The van der Waals surface area contributed by atoms with Crippen molar-refractivity contribution in [3.05, 3.63) is 76.2 Å². The summed E-state index contributed by atoms with van der Waals surface area (Å²) in [5, 5.41) is 4.23. The van der Waals surface area contributed by atoms with Crippen LogP contribution in [0.2, 0.25) is 0 Å². The van der Waals surface area contributed by atoms with Crippen LogP contribution in [0.5, 0.6) is 0 Å². The second kappa shape index (κ2) is 7.88. The number of hydrogen-bond acceptors (Lipinski definition) is 6. The summed E-state index contributed by atoms with van der Waals surface area (Å²) >= 11 is 1.18. The number of rotatable bonds is 4. The van der Waals surface area contributed by atoms with Crippen molar-refractivity contribution in [1.82, 2.24) is 19.7 Å². The van der Waals surface area contributed by atoms with Gasteiger partial charge in [0.15, 0.2) is 11.0 Å². The van der Waals surface area contributed by atoms with Crippen LogP contribution in [-0.2, 0) is 5.41 Å². The first-order valence-electron chi connectivity index (χ1n) is 9.63. The molecule has 4 aromatic rings. The first-order valence-corrected chi connectivity index (χ1v) is 10.5. The highest BCUT2D eigenvalue weighted by molar-refractivity contribution is 7.99. The molecule has 0 aliphatic carbocycles. The lowest BCUT2D eigenvalue weighted by Crippen LogP contribution is -2.23. The molecule has 0 radical (unpaired) electrons. The van der Waals surface area contributed by atoms with Crippen LogP contribution in [0.15, 0.2) is 56.9 Å². The molecule has 0 amide bonds. The normalized spacial score (nSPS) is 13.0. The molecular weight excluding hydrogens is 422 g/mol. The van der Waals surface area contributed by atoms with Crippen LogP contribution in [0.3, 0.4) is 0 Å². The van der Waals surface area contributed by atoms with Gasteiger partial charge >= 0.3 is 0 Å². The van der Waals surface area contributed by atoms with Crippen LogP contribution in [0.25, 0.3) is 16.6 Å². The molecule has 4 rings (SSSR count). The lowest BCUT2D eigenvalue weighted by molar-refractivity contribution is 0.364. The van der Waals surface area contributed by atoms with Crippen molar-refractivity contribution >= 4 is 22.7 Å². The number of fused-ring (bicyclic) bond motifs is 1. The van der Waals surface area contributed by atoms with E-state index in [-0.39, 0.29) is 21.5 Å². The van der Waals surface area contributed by atoms with Crippen LogP contribution >= 0.6 is 11.8 Å². The molecule has 0 saturated carbocycles. The molecular formula is C22H20F2N4O2S. The standard InChI is InChI=1S/C22H20F2N4O2S/c1-12(18-26-20(27-30-18)22(2,3)4)31-21-25-16-8-6-5-7-14(16)19(29)28(21)17-10-9-13(23)11-15(17)24/h5-12H,1-4H3. The number of thioether (sulfide) groups is 1. The number of hydrogen-bond donors (Lipinski definition) is 0. The number of nitrogens with zero attached hydrogens (tertiary/aromatic N) is 4. The molecule has 0 saturated heterocycles. The second-order valence-corrected chi connectivity index (χ2v) is 9.42. The smallest absolute Gasteiger partial charge is 0.266 e. The van der Waals surface area contributed by atoms with Gasteiger partial charge in [0.1, 0.15) is 11.6 Å².